The largest absolute Gasteiger partial charge is 0.508 e. The molecule has 130 valence electrons. The van der Waals surface area contributed by atoms with Gasteiger partial charge in [0.1, 0.15) is 17.2 Å². The molecule has 0 radical (unpaired) electrons. The number of phenolic OH excluding ortho intramolecular Hbond substituents is 2. The number of hydrogen-bond acceptors (Lipinski definition) is 6. The van der Waals surface area contributed by atoms with Crippen molar-refractivity contribution in [1.29, 1.82) is 0 Å². The fourth-order valence-corrected chi connectivity index (χ4v) is 2.79. The molecule has 1 aromatic heterocycles. The lowest BCUT2D eigenvalue weighted by Crippen LogP contribution is -2.46. The molecule has 1 aliphatic heterocycles. The Morgan fingerprint density at radius 3 is 2.36 bits per heavy atom. The van der Waals surface area contributed by atoms with Crippen molar-refractivity contribution in [2.75, 3.05) is 13.1 Å². The second-order valence-corrected chi connectivity index (χ2v) is 5.87. The topological polar surface area (TPSA) is 116 Å². The van der Waals surface area contributed by atoms with Crippen molar-refractivity contribution in [3.63, 3.8) is 0 Å². The van der Waals surface area contributed by atoms with E-state index < -0.39 is 0 Å². The molecule has 0 aliphatic carbocycles. The first-order chi connectivity index (χ1) is 12.0. The number of rotatable bonds is 3. The summed E-state index contributed by atoms with van der Waals surface area (Å²) >= 11 is 0. The maximum Gasteiger partial charge on any atom is 0.274 e. The Morgan fingerprint density at radius 2 is 1.76 bits per heavy atom. The average molecular weight is 342 g/mol. The van der Waals surface area contributed by atoms with Crippen LogP contribution in [0.25, 0.3) is 0 Å². The number of carbonyl (C=O) groups excluding carboxylic acids is 2. The van der Waals surface area contributed by atoms with Gasteiger partial charge in [0.05, 0.1) is 6.20 Å². The van der Waals surface area contributed by atoms with Crippen LogP contribution in [-0.4, -0.2) is 56.0 Å². The van der Waals surface area contributed by atoms with Crippen LogP contribution in [0, 0.1) is 0 Å². The van der Waals surface area contributed by atoms with E-state index in [9.17, 15) is 19.8 Å². The Labute approximate surface area is 144 Å². The molecule has 1 aliphatic rings. The summed E-state index contributed by atoms with van der Waals surface area (Å²) in [5.74, 6) is -0.884. The van der Waals surface area contributed by atoms with Crippen molar-refractivity contribution < 1.29 is 19.8 Å². The van der Waals surface area contributed by atoms with Gasteiger partial charge < -0.3 is 20.4 Å². The summed E-state index contributed by atoms with van der Waals surface area (Å²) in [5, 5.41) is 21.8. The highest BCUT2D eigenvalue weighted by Gasteiger charge is 2.25. The first kappa shape index (κ1) is 16.7. The van der Waals surface area contributed by atoms with Crippen LogP contribution in [0.15, 0.2) is 36.8 Å². The summed E-state index contributed by atoms with van der Waals surface area (Å²) in [6, 6.07) is 3.67. The lowest BCUT2D eigenvalue weighted by molar-refractivity contribution is 0.0692. The van der Waals surface area contributed by atoms with Crippen LogP contribution in [0.5, 0.6) is 11.5 Å². The third-order valence-corrected chi connectivity index (χ3v) is 4.06. The number of hydrogen-bond donors (Lipinski definition) is 3. The molecule has 1 aromatic carbocycles. The molecule has 0 atom stereocenters. The van der Waals surface area contributed by atoms with E-state index >= 15 is 0 Å². The smallest absolute Gasteiger partial charge is 0.274 e. The molecular formula is C17H18N4O4. The van der Waals surface area contributed by atoms with Gasteiger partial charge in [-0.25, -0.2) is 4.98 Å². The summed E-state index contributed by atoms with van der Waals surface area (Å²) in [6.45, 7) is 1.01. The van der Waals surface area contributed by atoms with Crippen molar-refractivity contribution in [3.8, 4) is 11.5 Å². The van der Waals surface area contributed by atoms with Crippen LogP contribution in [0.4, 0.5) is 0 Å². The molecular weight excluding hydrogens is 324 g/mol. The van der Waals surface area contributed by atoms with Gasteiger partial charge in [0, 0.05) is 43.2 Å². The zero-order valence-electron chi connectivity index (χ0n) is 13.4. The van der Waals surface area contributed by atoms with Gasteiger partial charge in [-0.1, -0.05) is 0 Å². The second-order valence-electron chi connectivity index (χ2n) is 5.87. The molecule has 8 heteroatoms. The Morgan fingerprint density at radius 1 is 1.08 bits per heavy atom. The normalized spacial score (nSPS) is 15.0. The van der Waals surface area contributed by atoms with E-state index in [2.05, 4.69) is 15.3 Å². The van der Waals surface area contributed by atoms with Gasteiger partial charge in [-0.15, -0.1) is 0 Å². The van der Waals surface area contributed by atoms with Gasteiger partial charge in [-0.2, -0.15) is 0 Å². The average Bonchev–Trinajstić information content (AvgIpc) is 2.61. The number of nitrogens with one attached hydrogen (secondary N) is 1. The minimum atomic E-state index is -0.370. The Kier molecular flexibility index (Phi) is 4.78. The summed E-state index contributed by atoms with van der Waals surface area (Å²) in [7, 11) is 0. The number of phenols is 2. The molecule has 8 nitrogen and oxygen atoms in total. The Balaban J connectivity index is 1.56. The maximum atomic E-state index is 12.3. The molecule has 2 aromatic rings. The number of carbonyl (C=O) groups is 2. The molecule has 3 rings (SSSR count). The standard InChI is InChI=1S/C17H18N4O4/c22-13-7-11(8-14(23)9-13)16(24)20-12-1-5-21(6-2-12)17(25)15-10-18-3-4-19-15/h3-4,7-10,12,22-23H,1-2,5-6H2,(H,20,24). The third kappa shape index (κ3) is 4.03. The predicted molar refractivity (Wildman–Crippen MR) is 88.2 cm³/mol. The molecule has 1 fully saturated rings. The van der Waals surface area contributed by atoms with Crippen molar-refractivity contribution in [2.45, 2.75) is 18.9 Å². The van der Waals surface area contributed by atoms with Crippen molar-refractivity contribution in [2.24, 2.45) is 0 Å². The van der Waals surface area contributed by atoms with Crippen molar-refractivity contribution >= 4 is 11.8 Å². The van der Waals surface area contributed by atoms with Gasteiger partial charge in [0.15, 0.2) is 0 Å². The number of nitrogens with zero attached hydrogens (tertiary/aromatic N) is 3. The van der Waals surface area contributed by atoms with Crippen LogP contribution in [0.2, 0.25) is 0 Å². The Hall–Kier alpha value is -3.16. The van der Waals surface area contributed by atoms with Crippen LogP contribution in [0.1, 0.15) is 33.7 Å². The summed E-state index contributed by atoms with van der Waals surface area (Å²) in [4.78, 5) is 34.1. The van der Waals surface area contributed by atoms with Crippen molar-refractivity contribution in [1.82, 2.24) is 20.2 Å². The minimum Gasteiger partial charge on any atom is -0.508 e. The molecule has 0 saturated carbocycles. The molecule has 0 unspecified atom stereocenters. The number of likely N-dealkylation sites (tertiary alicyclic amines) is 1. The van der Waals surface area contributed by atoms with Crippen LogP contribution < -0.4 is 5.32 Å². The fraction of sp³-hybridized carbons (Fsp3) is 0.294. The van der Waals surface area contributed by atoms with Crippen LogP contribution in [-0.2, 0) is 0 Å². The van der Waals surface area contributed by atoms with Gasteiger partial charge in [-0.3, -0.25) is 14.6 Å². The van der Waals surface area contributed by atoms with E-state index in [0.29, 0.717) is 31.6 Å². The third-order valence-electron chi connectivity index (χ3n) is 4.06. The quantitative estimate of drug-likeness (QED) is 0.764. The van der Waals surface area contributed by atoms with Crippen LogP contribution in [0.3, 0.4) is 0 Å². The fourth-order valence-electron chi connectivity index (χ4n) is 2.79. The molecule has 25 heavy (non-hydrogen) atoms. The minimum absolute atomic E-state index is 0.0806. The van der Waals surface area contributed by atoms with Crippen LogP contribution >= 0.6 is 0 Å². The molecule has 0 bridgehead atoms. The van der Waals surface area contributed by atoms with E-state index in [-0.39, 0.29) is 34.9 Å². The van der Waals surface area contributed by atoms with E-state index in [1.807, 2.05) is 0 Å². The van der Waals surface area contributed by atoms with E-state index in [4.69, 9.17) is 0 Å². The van der Waals surface area contributed by atoms with Crippen molar-refractivity contribution in [3.05, 3.63) is 48.0 Å². The highest BCUT2D eigenvalue weighted by molar-refractivity contribution is 5.95. The number of aromatic hydroxyl groups is 2. The maximum absolute atomic E-state index is 12.3. The van der Waals surface area contributed by atoms with Gasteiger partial charge in [0.25, 0.3) is 11.8 Å². The van der Waals surface area contributed by atoms with E-state index in [1.165, 1.54) is 30.7 Å². The van der Waals surface area contributed by atoms with Gasteiger partial charge in [-0.05, 0) is 25.0 Å². The lowest BCUT2D eigenvalue weighted by atomic mass is 10.0. The molecule has 1 saturated heterocycles. The summed E-state index contributed by atoms with van der Waals surface area (Å²) in [6.07, 6.45) is 5.65. The SMILES string of the molecule is O=C(NC1CCN(C(=O)c2cnccn2)CC1)c1cc(O)cc(O)c1. The summed E-state index contributed by atoms with van der Waals surface area (Å²) < 4.78 is 0. The monoisotopic (exact) mass is 342 g/mol. The molecule has 2 heterocycles. The summed E-state index contributed by atoms with van der Waals surface area (Å²) in [5.41, 5.74) is 0.496. The zero-order valence-corrected chi connectivity index (χ0v) is 13.4. The van der Waals surface area contributed by atoms with Gasteiger partial charge >= 0.3 is 0 Å². The van der Waals surface area contributed by atoms with Gasteiger partial charge in [0.2, 0.25) is 0 Å². The number of benzene rings is 1. The first-order valence-electron chi connectivity index (χ1n) is 7.92. The highest BCUT2D eigenvalue weighted by atomic mass is 16.3. The number of amides is 2. The second kappa shape index (κ2) is 7.16. The number of aromatic nitrogens is 2. The van der Waals surface area contributed by atoms with E-state index in [0.717, 1.165) is 6.07 Å². The molecule has 2 amide bonds. The molecule has 3 N–H and O–H groups in total. The Bertz CT molecular complexity index is 753. The highest BCUT2D eigenvalue weighted by Crippen LogP contribution is 2.21. The lowest BCUT2D eigenvalue weighted by Gasteiger charge is -2.32. The number of piperidine rings is 1. The van der Waals surface area contributed by atoms with E-state index in [1.54, 1.807) is 4.90 Å². The predicted octanol–water partition coefficient (Wildman–Crippen LogP) is 0.922. The molecule has 0 spiro atoms. The first-order valence-corrected chi connectivity index (χ1v) is 7.92. The zero-order chi connectivity index (χ0) is 17.8.